The van der Waals surface area contributed by atoms with Crippen LogP contribution in [-0.4, -0.2) is 62.4 Å². The number of likely N-dealkylation sites (tertiary alicyclic amines) is 1. The molecule has 1 aromatic heterocycles. The Bertz CT molecular complexity index is 1280. The van der Waals surface area contributed by atoms with E-state index in [2.05, 4.69) is 57.5 Å². The van der Waals surface area contributed by atoms with Gasteiger partial charge in [-0.2, -0.15) is 0 Å². The largest absolute Gasteiger partial charge is 0.456 e. The number of aromatic nitrogens is 1. The molecule has 1 atom stereocenters. The molecule has 35 heavy (non-hydrogen) atoms. The number of benzene rings is 2. The fourth-order valence-electron chi connectivity index (χ4n) is 5.48. The van der Waals surface area contributed by atoms with Crippen molar-refractivity contribution in [2.75, 3.05) is 56.7 Å². The number of pyridine rings is 1. The fourth-order valence-corrected chi connectivity index (χ4v) is 5.48. The molecular formula is C28H32N4O3. The molecule has 0 bridgehead atoms. The number of hydrogen-bond donors (Lipinski definition) is 2. The van der Waals surface area contributed by atoms with Gasteiger partial charge in [-0.05, 0) is 62.3 Å². The van der Waals surface area contributed by atoms with Crippen molar-refractivity contribution < 1.29 is 9.47 Å². The third-order valence-corrected chi connectivity index (χ3v) is 7.24. The van der Waals surface area contributed by atoms with E-state index in [9.17, 15) is 4.79 Å². The summed E-state index contributed by atoms with van der Waals surface area (Å²) in [6, 6.07) is 16.8. The third kappa shape index (κ3) is 4.66. The van der Waals surface area contributed by atoms with Crippen molar-refractivity contribution in [1.82, 2.24) is 9.88 Å². The van der Waals surface area contributed by atoms with Crippen LogP contribution in [0.5, 0.6) is 11.5 Å². The fraction of sp³-hybridized carbons (Fsp3) is 0.393. The van der Waals surface area contributed by atoms with E-state index in [4.69, 9.17) is 9.47 Å². The van der Waals surface area contributed by atoms with Gasteiger partial charge in [-0.3, -0.25) is 4.79 Å². The molecule has 7 heteroatoms. The summed E-state index contributed by atoms with van der Waals surface area (Å²) in [5.74, 6) is 1.70. The third-order valence-electron chi connectivity index (χ3n) is 7.24. The molecule has 4 heterocycles. The van der Waals surface area contributed by atoms with Crippen LogP contribution in [0.1, 0.15) is 24.0 Å². The first-order valence-electron chi connectivity index (χ1n) is 12.6. The maximum atomic E-state index is 12.6. The van der Waals surface area contributed by atoms with E-state index in [-0.39, 0.29) is 5.56 Å². The summed E-state index contributed by atoms with van der Waals surface area (Å²) in [6.45, 7) is 5.17. The van der Waals surface area contributed by atoms with Crippen LogP contribution in [0.4, 0.5) is 11.4 Å². The molecule has 3 aromatic rings. The number of aromatic amines is 1. The van der Waals surface area contributed by atoms with Crippen molar-refractivity contribution >= 4 is 11.4 Å². The topological polar surface area (TPSA) is 69.8 Å². The number of hydrogen-bond acceptors (Lipinski definition) is 6. The molecule has 2 saturated heterocycles. The van der Waals surface area contributed by atoms with Crippen LogP contribution in [-0.2, 0) is 11.2 Å². The SMILES string of the molecule is CN1CCCC(Nc2ccc3c(c2)Cc2cccc(-c4cc(N5CCOCC5)cc(=O)[nH]4)c2O3)C1. The van der Waals surface area contributed by atoms with Gasteiger partial charge in [-0.1, -0.05) is 12.1 Å². The number of anilines is 2. The highest BCUT2D eigenvalue weighted by molar-refractivity contribution is 5.74. The zero-order valence-corrected chi connectivity index (χ0v) is 20.2. The van der Waals surface area contributed by atoms with Crippen molar-refractivity contribution in [3.8, 4) is 22.8 Å². The average molecular weight is 473 g/mol. The minimum atomic E-state index is -0.109. The molecule has 0 spiro atoms. The molecule has 0 saturated carbocycles. The molecule has 7 nitrogen and oxygen atoms in total. The quantitative estimate of drug-likeness (QED) is 0.467. The zero-order valence-electron chi connectivity index (χ0n) is 20.2. The average Bonchev–Trinajstić information content (AvgIpc) is 2.87. The standard InChI is InChI=1S/C28H32N4O3/c1-31-9-3-5-22(18-31)29-21-7-8-26-20(15-21)14-19-4-2-6-24(28(19)35-26)25-16-23(17-27(33)30-25)32-10-12-34-13-11-32/h2,4,6-8,15-17,22,29H,3,5,9-14,18H2,1H3,(H,30,33). The van der Waals surface area contributed by atoms with Gasteiger partial charge in [0.2, 0.25) is 5.56 Å². The number of likely N-dealkylation sites (N-methyl/N-ethyl adjacent to an activating group) is 1. The van der Waals surface area contributed by atoms with Gasteiger partial charge in [0.1, 0.15) is 11.5 Å². The Balaban J connectivity index is 1.28. The molecule has 182 valence electrons. The van der Waals surface area contributed by atoms with Crippen LogP contribution < -0.4 is 20.5 Å². The summed E-state index contributed by atoms with van der Waals surface area (Å²) in [5.41, 5.74) is 5.95. The predicted octanol–water partition coefficient (Wildman–Crippen LogP) is 4.08. The molecule has 6 rings (SSSR count). The summed E-state index contributed by atoms with van der Waals surface area (Å²) < 4.78 is 11.9. The predicted molar refractivity (Wildman–Crippen MR) is 139 cm³/mol. The van der Waals surface area contributed by atoms with Crippen LogP contribution in [0, 0.1) is 0 Å². The van der Waals surface area contributed by atoms with Crippen molar-refractivity contribution in [3.05, 3.63) is 70.0 Å². The second-order valence-electron chi connectivity index (χ2n) is 9.86. The van der Waals surface area contributed by atoms with E-state index in [1.807, 2.05) is 12.1 Å². The number of H-pyrrole nitrogens is 1. The normalized spacial score (nSPS) is 20.0. The van der Waals surface area contributed by atoms with Gasteiger partial charge in [0, 0.05) is 60.7 Å². The van der Waals surface area contributed by atoms with Crippen LogP contribution >= 0.6 is 0 Å². The number of rotatable bonds is 4. The van der Waals surface area contributed by atoms with Crippen molar-refractivity contribution in [2.24, 2.45) is 0 Å². The summed E-state index contributed by atoms with van der Waals surface area (Å²) in [4.78, 5) is 20.2. The number of morpholine rings is 1. The minimum Gasteiger partial charge on any atom is -0.456 e. The van der Waals surface area contributed by atoms with Crippen molar-refractivity contribution in [3.63, 3.8) is 0 Å². The highest BCUT2D eigenvalue weighted by Gasteiger charge is 2.23. The smallest absolute Gasteiger partial charge is 0.250 e. The van der Waals surface area contributed by atoms with Gasteiger partial charge in [0.05, 0.1) is 18.9 Å². The van der Waals surface area contributed by atoms with Crippen molar-refractivity contribution in [1.29, 1.82) is 0 Å². The van der Waals surface area contributed by atoms with Crippen molar-refractivity contribution in [2.45, 2.75) is 25.3 Å². The lowest BCUT2D eigenvalue weighted by atomic mass is 9.96. The van der Waals surface area contributed by atoms with Gasteiger partial charge in [0.15, 0.2) is 0 Å². The molecule has 0 aliphatic carbocycles. The van der Waals surface area contributed by atoms with Gasteiger partial charge in [-0.25, -0.2) is 0 Å². The number of ether oxygens (including phenoxy) is 2. The lowest BCUT2D eigenvalue weighted by Gasteiger charge is -2.31. The van der Waals surface area contributed by atoms with Crippen LogP contribution in [0.2, 0.25) is 0 Å². The first-order valence-corrected chi connectivity index (χ1v) is 12.6. The zero-order chi connectivity index (χ0) is 23.8. The molecular weight excluding hydrogens is 440 g/mol. The molecule has 2 aromatic carbocycles. The van der Waals surface area contributed by atoms with Crippen LogP contribution in [0.15, 0.2) is 53.3 Å². The Morgan fingerprint density at radius 1 is 1.03 bits per heavy atom. The van der Waals surface area contributed by atoms with Gasteiger partial charge in [0.25, 0.3) is 0 Å². The Hall–Kier alpha value is -3.29. The van der Waals surface area contributed by atoms with Gasteiger partial charge in [-0.15, -0.1) is 0 Å². The van der Waals surface area contributed by atoms with Crippen LogP contribution in [0.25, 0.3) is 11.3 Å². The second-order valence-corrected chi connectivity index (χ2v) is 9.86. The van der Waals surface area contributed by atoms with E-state index in [0.717, 1.165) is 65.7 Å². The first-order chi connectivity index (χ1) is 17.1. The summed E-state index contributed by atoms with van der Waals surface area (Å²) in [7, 11) is 2.19. The Labute approximate surface area is 205 Å². The Morgan fingerprint density at radius 2 is 1.91 bits per heavy atom. The number of nitrogens with one attached hydrogen (secondary N) is 2. The lowest BCUT2D eigenvalue weighted by Crippen LogP contribution is -2.39. The maximum Gasteiger partial charge on any atom is 0.250 e. The monoisotopic (exact) mass is 472 g/mol. The molecule has 2 N–H and O–H groups in total. The van der Waals surface area contributed by atoms with Gasteiger partial charge >= 0.3 is 0 Å². The summed E-state index contributed by atoms with van der Waals surface area (Å²) in [5, 5.41) is 3.72. The first kappa shape index (κ1) is 22.2. The number of fused-ring (bicyclic) bond motifs is 2. The van der Waals surface area contributed by atoms with E-state index in [0.29, 0.717) is 19.3 Å². The molecule has 1 unspecified atom stereocenters. The molecule has 0 amide bonds. The Morgan fingerprint density at radius 3 is 2.77 bits per heavy atom. The Kier molecular flexibility index (Phi) is 5.96. The highest BCUT2D eigenvalue weighted by atomic mass is 16.5. The molecule has 2 fully saturated rings. The minimum absolute atomic E-state index is 0.109. The number of piperidine rings is 1. The molecule has 0 radical (unpaired) electrons. The van der Waals surface area contributed by atoms with E-state index >= 15 is 0 Å². The number of nitrogens with zero attached hydrogens (tertiary/aromatic N) is 2. The maximum absolute atomic E-state index is 12.6. The molecule has 3 aliphatic heterocycles. The molecule has 3 aliphatic rings. The lowest BCUT2D eigenvalue weighted by molar-refractivity contribution is 0.122. The second kappa shape index (κ2) is 9.40. The van der Waals surface area contributed by atoms with Gasteiger partial charge < -0.3 is 29.6 Å². The van der Waals surface area contributed by atoms with Crippen LogP contribution in [0.3, 0.4) is 0 Å². The van der Waals surface area contributed by atoms with E-state index in [1.165, 1.54) is 24.9 Å². The number of para-hydroxylation sites is 1. The highest BCUT2D eigenvalue weighted by Crippen LogP contribution is 2.43. The summed E-state index contributed by atoms with van der Waals surface area (Å²) in [6.07, 6.45) is 3.23. The van der Waals surface area contributed by atoms with E-state index in [1.54, 1.807) is 6.07 Å². The van der Waals surface area contributed by atoms with E-state index < -0.39 is 0 Å². The summed E-state index contributed by atoms with van der Waals surface area (Å²) >= 11 is 0.